The van der Waals surface area contributed by atoms with Crippen molar-refractivity contribution in [3.63, 3.8) is 0 Å². The fraction of sp³-hybridized carbons (Fsp3) is 0.625. The molecule has 5 rings (SSSR count). The number of benzene rings is 1. The van der Waals surface area contributed by atoms with Gasteiger partial charge in [0, 0.05) is 25.7 Å². The predicted molar refractivity (Wildman–Crippen MR) is 115 cm³/mol. The smallest absolute Gasteiger partial charge is 0.241 e. The largest absolute Gasteiger partial charge is 0.327 e. The molecule has 0 aromatic heterocycles. The monoisotopic (exact) mass is 439 g/mol. The Labute approximate surface area is 187 Å². The van der Waals surface area contributed by atoms with E-state index in [1.807, 2.05) is 12.1 Å². The van der Waals surface area contributed by atoms with Crippen molar-refractivity contribution < 1.29 is 14.0 Å². The molecule has 1 aromatic rings. The average molecular weight is 440 g/mol. The van der Waals surface area contributed by atoms with Gasteiger partial charge in [-0.1, -0.05) is 25.0 Å². The van der Waals surface area contributed by atoms with Crippen molar-refractivity contribution in [3.05, 3.63) is 35.6 Å². The van der Waals surface area contributed by atoms with Crippen LogP contribution in [0.1, 0.15) is 50.5 Å². The Hall–Kier alpha value is -2.50. The summed E-state index contributed by atoms with van der Waals surface area (Å²) in [6.45, 7) is 1.60. The number of fused-ring (bicyclic) bond motifs is 2. The van der Waals surface area contributed by atoms with E-state index in [0.29, 0.717) is 26.1 Å². The average Bonchev–Trinajstić information content (AvgIpc) is 3.57. The van der Waals surface area contributed by atoms with Crippen LogP contribution in [0, 0.1) is 17.1 Å². The van der Waals surface area contributed by atoms with Gasteiger partial charge in [-0.05, 0) is 49.8 Å². The highest BCUT2D eigenvalue weighted by atomic mass is 19.1. The fourth-order valence-electron chi connectivity index (χ4n) is 6.52. The summed E-state index contributed by atoms with van der Waals surface area (Å²) in [5.41, 5.74) is 6.92. The topological polar surface area (TPSA) is 93.7 Å². The summed E-state index contributed by atoms with van der Waals surface area (Å²) in [4.78, 5) is 32.1. The van der Waals surface area contributed by atoms with Crippen LogP contribution < -0.4 is 5.73 Å². The molecule has 1 aromatic carbocycles. The molecular weight excluding hydrogens is 409 g/mol. The number of hydrogen-bond donors (Lipinski definition) is 1. The molecule has 1 aliphatic carbocycles. The van der Waals surface area contributed by atoms with E-state index in [0.717, 1.165) is 44.1 Å². The molecule has 7 nitrogen and oxygen atoms in total. The summed E-state index contributed by atoms with van der Waals surface area (Å²) in [5.74, 6) is -0.361. The SMILES string of the molecule is N#CC1CCCN1C(=O)C(N)CN1CC2C[C@H]1C(=O)N2C1(c2ccc(F)cc2)CCCC1. The van der Waals surface area contributed by atoms with Gasteiger partial charge in [-0.25, -0.2) is 4.39 Å². The summed E-state index contributed by atoms with van der Waals surface area (Å²) in [5, 5.41) is 9.27. The van der Waals surface area contributed by atoms with Crippen LogP contribution in [-0.2, 0) is 15.1 Å². The van der Waals surface area contributed by atoms with Gasteiger partial charge in [-0.3, -0.25) is 14.5 Å². The van der Waals surface area contributed by atoms with Gasteiger partial charge in [0.2, 0.25) is 11.8 Å². The maximum Gasteiger partial charge on any atom is 0.241 e. The molecule has 3 saturated heterocycles. The zero-order valence-electron chi connectivity index (χ0n) is 18.3. The number of halogens is 1. The van der Waals surface area contributed by atoms with Crippen LogP contribution in [0.4, 0.5) is 4.39 Å². The molecule has 3 aliphatic heterocycles. The molecule has 0 spiro atoms. The second-order valence-corrected chi connectivity index (χ2v) is 9.74. The molecule has 2 amide bonds. The molecule has 170 valence electrons. The number of carbonyl (C=O) groups is 2. The van der Waals surface area contributed by atoms with Gasteiger partial charge in [0.15, 0.2) is 0 Å². The lowest BCUT2D eigenvalue weighted by atomic mass is 9.85. The second kappa shape index (κ2) is 8.13. The molecule has 1 saturated carbocycles. The van der Waals surface area contributed by atoms with E-state index in [-0.39, 0.29) is 35.3 Å². The zero-order chi connectivity index (χ0) is 22.5. The molecule has 32 heavy (non-hydrogen) atoms. The summed E-state index contributed by atoms with van der Waals surface area (Å²) in [6.07, 6.45) is 6.17. The Kier molecular flexibility index (Phi) is 5.42. The van der Waals surface area contributed by atoms with E-state index in [2.05, 4.69) is 15.9 Å². The Morgan fingerprint density at radius 2 is 1.97 bits per heavy atom. The third-order valence-electron chi connectivity index (χ3n) is 7.98. The molecule has 4 fully saturated rings. The normalized spacial score (nSPS) is 30.2. The number of nitrogens with zero attached hydrogens (tertiary/aromatic N) is 4. The first-order chi connectivity index (χ1) is 15.4. The van der Waals surface area contributed by atoms with Crippen molar-refractivity contribution in [2.75, 3.05) is 19.6 Å². The van der Waals surface area contributed by atoms with Crippen molar-refractivity contribution in [3.8, 4) is 6.07 Å². The Bertz CT molecular complexity index is 939. The van der Waals surface area contributed by atoms with Gasteiger partial charge in [-0.2, -0.15) is 5.26 Å². The number of likely N-dealkylation sites (tertiary alicyclic amines) is 3. The first-order valence-electron chi connectivity index (χ1n) is 11.7. The van der Waals surface area contributed by atoms with Crippen LogP contribution >= 0.6 is 0 Å². The minimum Gasteiger partial charge on any atom is -0.327 e. The minimum atomic E-state index is -0.734. The molecule has 0 radical (unpaired) electrons. The number of amides is 2. The second-order valence-electron chi connectivity index (χ2n) is 9.74. The molecule has 4 atom stereocenters. The number of hydrogen-bond acceptors (Lipinski definition) is 5. The number of carbonyl (C=O) groups excluding carboxylic acids is 2. The van der Waals surface area contributed by atoms with Gasteiger partial charge in [0.25, 0.3) is 0 Å². The highest BCUT2D eigenvalue weighted by molar-refractivity contribution is 5.87. The Balaban J connectivity index is 1.30. The van der Waals surface area contributed by atoms with Crippen molar-refractivity contribution in [2.24, 2.45) is 5.73 Å². The molecule has 3 unspecified atom stereocenters. The molecule has 4 aliphatic rings. The lowest BCUT2D eigenvalue weighted by Crippen LogP contribution is -2.60. The van der Waals surface area contributed by atoms with E-state index in [1.165, 1.54) is 12.1 Å². The fourth-order valence-corrected chi connectivity index (χ4v) is 6.52. The van der Waals surface area contributed by atoms with E-state index in [4.69, 9.17) is 5.73 Å². The molecule has 8 heteroatoms. The lowest BCUT2D eigenvalue weighted by Gasteiger charge is -2.46. The first kappa shape index (κ1) is 21.4. The maximum atomic E-state index is 13.6. The maximum absolute atomic E-state index is 13.6. The third kappa shape index (κ3) is 3.30. The van der Waals surface area contributed by atoms with Crippen molar-refractivity contribution in [2.45, 2.75) is 74.7 Å². The zero-order valence-corrected chi connectivity index (χ0v) is 18.3. The quantitative estimate of drug-likeness (QED) is 0.754. The number of nitrogens with two attached hydrogens (primary N) is 1. The summed E-state index contributed by atoms with van der Waals surface area (Å²) in [6, 6.07) is 7.51. The van der Waals surface area contributed by atoms with E-state index >= 15 is 0 Å². The third-order valence-corrected chi connectivity index (χ3v) is 7.98. The Morgan fingerprint density at radius 1 is 1.25 bits per heavy atom. The number of rotatable bonds is 5. The summed E-state index contributed by atoms with van der Waals surface area (Å²) < 4.78 is 13.6. The van der Waals surface area contributed by atoms with Crippen LogP contribution in [0.15, 0.2) is 24.3 Å². The highest BCUT2D eigenvalue weighted by Gasteiger charge is 2.57. The van der Waals surface area contributed by atoms with E-state index in [9.17, 15) is 19.2 Å². The van der Waals surface area contributed by atoms with Crippen LogP contribution in [0.5, 0.6) is 0 Å². The van der Waals surface area contributed by atoms with Gasteiger partial charge in [0.1, 0.15) is 11.9 Å². The van der Waals surface area contributed by atoms with Crippen LogP contribution in [0.3, 0.4) is 0 Å². The van der Waals surface area contributed by atoms with Gasteiger partial charge in [0.05, 0.1) is 23.7 Å². The summed E-state index contributed by atoms with van der Waals surface area (Å²) in [7, 11) is 0. The summed E-state index contributed by atoms with van der Waals surface area (Å²) >= 11 is 0. The van der Waals surface area contributed by atoms with Gasteiger partial charge in [-0.15, -0.1) is 0 Å². The predicted octanol–water partition coefficient (Wildman–Crippen LogP) is 1.72. The van der Waals surface area contributed by atoms with E-state index in [1.54, 1.807) is 4.90 Å². The lowest BCUT2D eigenvalue weighted by molar-refractivity contribution is -0.145. The van der Waals surface area contributed by atoms with Crippen molar-refractivity contribution in [1.82, 2.24) is 14.7 Å². The molecule has 3 heterocycles. The van der Waals surface area contributed by atoms with Crippen molar-refractivity contribution >= 4 is 11.8 Å². The number of piperazine rings is 1. The van der Waals surface area contributed by atoms with Crippen molar-refractivity contribution in [1.29, 1.82) is 5.26 Å². The standard InChI is InChI=1S/C24H30FN5O2/c25-17-7-5-16(6-8-17)24(9-1-2-10-24)30-19-12-21(23(30)32)28(14-19)15-20(27)22(31)29-11-3-4-18(29)13-26/h5-8,18-21H,1-4,9-12,14-15,27H2/t18?,19?,20?,21-/m0/s1. The molecule has 2 bridgehead atoms. The van der Waals surface area contributed by atoms with E-state index < -0.39 is 12.1 Å². The van der Waals surface area contributed by atoms with Gasteiger partial charge >= 0.3 is 0 Å². The van der Waals surface area contributed by atoms with Crippen LogP contribution in [0.25, 0.3) is 0 Å². The van der Waals surface area contributed by atoms with Crippen LogP contribution in [-0.4, -0.2) is 70.3 Å². The van der Waals surface area contributed by atoms with Gasteiger partial charge < -0.3 is 15.5 Å². The highest BCUT2D eigenvalue weighted by Crippen LogP contribution is 2.49. The van der Waals surface area contributed by atoms with Crippen LogP contribution in [0.2, 0.25) is 0 Å². The molecular formula is C24H30FN5O2. The molecule has 2 N–H and O–H groups in total. The number of nitriles is 1. The first-order valence-corrected chi connectivity index (χ1v) is 11.7. The minimum absolute atomic E-state index is 0.0802. The Morgan fingerprint density at radius 3 is 2.62 bits per heavy atom.